The highest BCUT2D eigenvalue weighted by molar-refractivity contribution is 5.74. The van der Waals surface area contributed by atoms with Gasteiger partial charge < -0.3 is 9.80 Å². The number of nitrogens with zero attached hydrogens (tertiary/aromatic N) is 3. The van der Waals surface area contributed by atoms with Crippen LogP contribution in [0.2, 0.25) is 0 Å². The number of nitriles is 1. The Balaban J connectivity index is 1.81. The van der Waals surface area contributed by atoms with Gasteiger partial charge in [0.05, 0.1) is 11.6 Å². The van der Waals surface area contributed by atoms with E-state index in [2.05, 4.69) is 84.8 Å². The molecule has 0 saturated heterocycles. The second kappa shape index (κ2) is 13.2. The summed E-state index contributed by atoms with van der Waals surface area (Å²) in [5.41, 5.74) is 7.00. The van der Waals surface area contributed by atoms with Crippen LogP contribution in [-0.4, -0.2) is 7.05 Å². The van der Waals surface area contributed by atoms with Crippen molar-refractivity contribution in [1.82, 2.24) is 0 Å². The van der Waals surface area contributed by atoms with Gasteiger partial charge in [-0.2, -0.15) is 5.26 Å². The van der Waals surface area contributed by atoms with E-state index in [9.17, 15) is 0 Å². The van der Waals surface area contributed by atoms with Crippen molar-refractivity contribution < 1.29 is 0 Å². The lowest BCUT2D eigenvalue weighted by Crippen LogP contribution is -2.14. The lowest BCUT2D eigenvalue weighted by molar-refractivity contribution is 1.20. The average Bonchev–Trinajstić information content (AvgIpc) is 2.93. The number of allylic oxidation sites excluding steroid dienone is 8. The van der Waals surface area contributed by atoms with Gasteiger partial charge in [0.2, 0.25) is 0 Å². The lowest BCUT2D eigenvalue weighted by atomic mass is 10.0. The SMILES string of the molecule is C=C/C=C(\C=C)N(c1ccccc1)c1ccc(-c2ccc(N(C)/C=C/C=C(C#N)\C=C/C)cc2)cc1. The van der Waals surface area contributed by atoms with Gasteiger partial charge in [-0.15, -0.1) is 0 Å². The van der Waals surface area contributed by atoms with Crippen LogP contribution in [0.5, 0.6) is 0 Å². The molecule has 0 N–H and O–H groups in total. The Hall–Kier alpha value is -4.81. The van der Waals surface area contributed by atoms with E-state index >= 15 is 0 Å². The summed E-state index contributed by atoms with van der Waals surface area (Å²) in [6, 6.07) is 29.3. The molecule has 0 radical (unpaired) electrons. The van der Waals surface area contributed by atoms with Crippen LogP contribution in [-0.2, 0) is 0 Å². The van der Waals surface area contributed by atoms with Crippen molar-refractivity contribution >= 4 is 17.1 Å². The van der Waals surface area contributed by atoms with E-state index in [1.165, 1.54) is 0 Å². The standard InChI is InChI=1S/C33H31N3/c1-5-12-27(26-34)14-11-25-35(4)31-21-17-28(18-22-31)29-19-23-33(24-20-29)36(30(7-3)13-6-2)32-15-9-8-10-16-32/h5-25H,2-3H2,1,4H3/b12-5-,25-11+,27-14+,30-13+. The molecule has 0 atom stereocenters. The third-order valence-electron chi connectivity index (χ3n) is 5.56. The highest BCUT2D eigenvalue weighted by atomic mass is 15.1. The van der Waals surface area contributed by atoms with Crippen LogP contribution in [0.1, 0.15) is 6.92 Å². The maximum absolute atomic E-state index is 9.12. The molecule has 0 bridgehead atoms. The van der Waals surface area contributed by atoms with Gasteiger partial charge in [-0.3, -0.25) is 0 Å². The van der Waals surface area contributed by atoms with E-state index in [4.69, 9.17) is 5.26 Å². The summed E-state index contributed by atoms with van der Waals surface area (Å²) >= 11 is 0. The summed E-state index contributed by atoms with van der Waals surface area (Å²) in [4.78, 5) is 4.18. The van der Waals surface area contributed by atoms with E-state index in [1.54, 1.807) is 18.2 Å². The quantitative estimate of drug-likeness (QED) is 0.220. The first-order chi connectivity index (χ1) is 17.6. The topological polar surface area (TPSA) is 30.3 Å². The zero-order valence-corrected chi connectivity index (χ0v) is 20.9. The van der Waals surface area contributed by atoms with Crippen molar-refractivity contribution in [2.75, 3.05) is 16.8 Å². The summed E-state index contributed by atoms with van der Waals surface area (Å²) in [6.45, 7) is 9.74. The summed E-state index contributed by atoms with van der Waals surface area (Å²) in [7, 11) is 1.99. The fourth-order valence-corrected chi connectivity index (χ4v) is 3.74. The number of anilines is 3. The molecule has 0 unspecified atom stereocenters. The highest BCUT2D eigenvalue weighted by Crippen LogP contribution is 2.32. The molecule has 3 aromatic carbocycles. The van der Waals surface area contributed by atoms with Crippen LogP contribution in [0.25, 0.3) is 11.1 Å². The maximum atomic E-state index is 9.12. The van der Waals surface area contributed by atoms with Crippen LogP contribution >= 0.6 is 0 Å². The first-order valence-corrected chi connectivity index (χ1v) is 11.8. The smallest absolute Gasteiger partial charge is 0.0991 e. The van der Waals surface area contributed by atoms with Gasteiger partial charge in [0, 0.05) is 36.0 Å². The molecule has 3 nitrogen and oxygen atoms in total. The third-order valence-corrected chi connectivity index (χ3v) is 5.56. The summed E-state index contributed by atoms with van der Waals surface area (Å²) in [5, 5.41) is 9.12. The van der Waals surface area contributed by atoms with Crippen LogP contribution < -0.4 is 9.80 Å². The Labute approximate surface area is 215 Å². The molecule has 0 heterocycles. The largest absolute Gasteiger partial charge is 0.351 e. The first-order valence-electron chi connectivity index (χ1n) is 11.8. The van der Waals surface area contributed by atoms with E-state index in [-0.39, 0.29) is 0 Å². The van der Waals surface area contributed by atoms with Gasteiger partial charge in [0.15, 0.2) is 0 Å². The van der Waals surface area contributed by atoms with Crippen molar-refractivity contribution in [2.45, 2.75) is 6.92 Å². The van der Waals surface area contributed by atoms with Gasteiger partial charge >= 0.3 is 0 Å². The molecular formula is C33H31N3. The molecule has 0 aromatic heterocycles. The number of benzene rings is 3. The molecule has 3 rings (SSSR count). The van der Waals surface area contributed by atoms with Crippen molar-refractivity contribution in [1.29, 1.82) is 5.26 Å². The van der Waals surface area contributed by atoms with E-state index in [1.807, 2.05) is 67.6 Å². The Morgan fingerprint density at radius 2 is 1.39 bits per heavy atom. The molecule has 178 valence electrons. The van der Waals surface area contributed by atoms with Crippen molar-refractivity contribution in [3.8, 4) is 17.2 Å². The molecule has 0 spiro atoms. The third kappa shape index (κ3) is 6.62. The Kier molecular flexibility index (Phi) is 9.44. The van der Waals surface area contributed by atoms with E-state index in [0.717, 1.165) is 33.9 Å². The zero-order chi connectivity index (χ0) is 25.8. The molecule has 0 aliphatic heterocycles. The van der Waals surface area contributed by atoms with Crippen LogP contribution in [0.3, 0.4) is 0 Å². The van der Waals surface area contributed by atoms with Gasteiger partial charge in [0.25, 0.3) is 0 Å². The van der Waals surface area contributed by atoms with Crippen molar-refractivity contribution in [3.63, 3.8) is 0 Å². The number of para-hydroxylation sites is 1. The summed E-state index contributed by atoms with van der Waals surface area (Å²) < 4.78 is 0. The fraction of sp³-hybridized carbons (Fsp3) is 0.0606. The minimum atomic E-state index is 0.618. The van der Waals surface area contributed by atoms with Gasteiger partial charge in [-0.05, 0) is 84.8 Å². The molecule has 0 amide bonds. The summed E-state index contributed by atoms with van der Waals surface area (Å²) in [6.07, 6.45) is 14.8. The molecule has 36 heavy (non-hydrogen) atoms. The summed E-state index contributed by atoms with van der Waals surface area (Å²) in [5.74, 6) is 0. The average molecular weight is 470 g/mol. The molecule has 0 saturated carbocycles. The second-order valence-electron chi connectivity index (χ2n) is 7.98. The number of hydrogen-bond donors (Lipinski definition) is 0. The normalized spacial score (nSPS) is 11.9. The maximum Gasteiger partial charge on any atom is 0.0991 e. The zero-order valence-electron chi connectivity index (χ0n) is 20.9. The first kappa shape index (κ1) is 25.8. The van der Waals surface area contributed by atoms with Crippen LogP contribution in [0.4, 0.5) is 17.1 Å². The van der Waals surface area contributed by atoms with Crippen molar-refractivity contribution in [2.24, 2.45) is 0 Å². The predicted octanol–water partition coefficient (Wildman–Crippen LogP) is 8.72. The molecule has 0 aliphatic rings. The Bertz CT molecular complexity index is 1320. The molecular weight excluding hydrogens is 438 g/mol. The molecule has 3 aromatic rings. The second-order valence-corrected chi connectivity index (χ2v) is 7.98. The molecule has 0 fully saturated rings. The molecule has 0 aliphatic carbocycles. The Morgan fingerprint density at radius 3 is 1.92 bits per heavy atom. The number of rotatable bonds is 10. The van der Waals surface area contributed by atoms with Gasteiger partial charge in [0.1, 0.15) is 0 Å². The highest BCUT2D eigenvalue weighted by Gasteiger charge is 2.12. The number of hydrogen-bond acceptors (Lipinski definition) is 3. The van der Waals surface area contributed by atoms with Gasteiger partial charge in [-0.1, -0.05) is 67.8 Å². The van der Waals surface area contributed by atoms with Crippen LogP contribution in [0, 0.1) is 11.3 Å². The monoisotopic (exact) mass is 469 g/mol. The van der Waals surface area contributed by atoms with Gasteiger partial charge in [-0.25, -0.2) is 0 Å². The van der Waals surface area contributed by atoms with E-state index < -0.39 is 0 Å². The predicted molar refractivity (Wildman–Crippen MR) is 155 cm³/mol. The van der Waals surface area contributed by atoms with E-state index in [0.29, 0.717) is 5.57 Å². The Morgan fingerprint density at radius 1 is 0.806 bits per heavy atom. The minimum Gasteiger partial charge on any atom is -0.351 e. The van der Waals surface area contributed by atoms with Crippen molar-refractivity contribution in [3.05, 3.63) is 152 Å². The minimum absolute atomic E-state index is 0.618. The van der Waals surface area contributed by atoms with Crippen LogP contribution in [0.15, 0.2) is 152 Å². The molecule has 3 heteroatoms. The fourth-order valence-electron chi connectivity index (χ4n) is 3.74. The lowest BCUT2D eigenvalue weighted by Gasteiger charge is -2.26.